The number of aromatic nitrogens is 5. The summed E-state index contributed by atoms with van der Waals surface area (Å²) >= 11 is 0. The van der Waals surface area contributed by atoms with Crippen molar-refractivity contribution in [2.45, 2.75) is 69.9 Å². The lowest BCUT2D eigenvalue weighted by Crippen LogP contribution is -2.36. The average Bonchev–Trinajstić information content (AvgIpc) is 3.79. The largest absolute Gasteiger partial charge is 0.324 e. The van der Waals surface area contributed by atoms with Crippen LogP contribution in [0.1, 0.15) is 69.3 Å². The van der Waals surface area contributed by atoms with E-state index >= 15 is 0 Å². The van der Waals surface area contributed by atoms with E-state index in [4.69, 9.17) is 9.97 Å². The Balaban J connectivity index is 1.31. The van der Waals surface area contributed by atoms with E-state index in [1.807, 2.05) is 30.7 Å². The molecule has 36 heavy (non-hydrogen) atoms. The van der Waals surface area contributed by atoms with Crippen molar-refractivity contribution >= 4 is 22.7 Å². The second-order valence-electron chi connectivity index (χ2n) is 11.2. The highest BCUT2D eigenvalue weighted by molar-refractivity contribution is 5.77. The van der Waals surface area contributed by atoms with E-state index in [0.717, 1.165) is 37.2 Å². The molecule has 0 unspecified atom stereocenters. The van der Waals surface area contributed by atoms with E-state index in [0.29, 0.717) is 22.8 Å². The maximum Gasteiger partial charge on any atom is 0.278 e. The Hall–Kier alpha value is -3.52. The summed E-state index contributed by atoms with van der Waals surface area (Å²) in [6, 6.07) is 12.6. The zero-order valence-electron chi connectivity index (χ0n) is 21.0. The van der Waals surface area contributed by atoms with Crippen molar-refractivity contribution in [3.8, 4) is 5.82 Å². The van der Waals surface area contributed by atoms with Crippen molar-refractivity contribution in [1.29, 1.82) is 0 Å². The summed E-state index contributed by atoms with van der Waals surface area (Å²) in [5.74, 6) is 1.18. The second-order valence-corrected chi connectivity index (χ2v) is 11.2. The van der Waals surface area contributed by atoms with Gasteiger partial charge >= 0.3 is 0 Å². The van der Waals surface area contributed by atoms with Gasteiger partial charge in [-0.15, -0.1) is 0 Å². The summed E-state index contributed by atoms with van der Waals surface area (Å²) < 4.78 is 3.59. The number of nitrogens with one attached hydrogen (secondary N) is 2. The first-order valence-corrected chi connectivity index (χ1v) is 13.0. The van der Waals surface area contributed by atoms with Gasteiger partial charge in [0.05, 0.1) is 0 Å². The number of hydrogen-bond acceptors (Lipinski definition) is 6. The molecule has 0 radical (unpaired) electrons. The molecule has 4 heterocycles. The maximum atomic E-state index is 13.4. The van der Waals surface area contributed by atoms with Gasteiger partial charge in [-0.3, -0.25) is 4.79 Å². The minimum atomic E-state index is -0.104. The molecule has 8 heteroatoms. The van der Waals surface area contributed by atoms with E-state index in [2.05, 4.69) is 46.8 Å². The van der Waals surface area contributed by atoms with Gasteiger partial charge in [-0.25, -0.2) is 19.3 Å². The Labute approximate surface area is 209 Å². The van der Waals surface area contributed by atoms with Crippen LogP contribution in [-0.4, -0.2) is 30.9 Å². The van der Waals surface area contributed by atoms with Crippen LogP contribution in [0, 0.1) is 0 Å². The molecule has 3 aromatic heterocycles. The standard InChI is InChI=1S/C28H31N7O/c1-17(2)34-25(36)20-16-29-26(31-19-7-8-21-18(15-19)9-14-30-28(21)12-13-28)33-24(20)35(34)23-6-4-5-22(32-23)27(3)10-11-27/h4-8,15-17,30H,9-14H2,1-3H3,(H,29,31,33). The first kappa shape index (κ1) is 21.7. The highest BCUT2D eigenvalue weighted by Crippen LogP contribution is 2.49. The highest BCUT2D eigenvalue weighted by atomic mass is 16.1. The van der Waals surface area contributed by atoms with Crippen LogP contribution in [0.3, 0.4) is 0 Å². The molecule has 2 fully saturated rings. The number of anilines is 2. The smallest absolute Gasteiger partial charge is 0.278 e. The summed E-state index contributed by atoms with van der Waals surface area (Å²) in [4.78, 5) is 27.7. The van der Waals surface area contributed by atoms with E-state index < -0.39 is 0 Å². The average molecular weight is 482 g/mol. The summed E-state index contributed by atoms with van der Waals surface area (Å²) in [7, 11) is 0. The highest BCUT2D eigenvalue weighted by Gasteiger charge is 2.46. The van der Waals surface area contributed by atoms with E-state index in [1.54, 1.807) is 10.9 Å². The third kappa shape index (κ3) is 3.31. The molecule has 0 amide bonds. The molecule has 184 valence electrons. The lowest BCUT2D eigenvalue weighted by Gasteiger charge is -2.27. The van der Waals surface area contributed by atoms with Gasteiger partial charge in [0, 0.05) is 41.1 Å². The quantitative estimate of drug-likeness (QED) is 0.437. The lowest BCUT2D eigenvalue weighted by atomic mass is 9.92. The van der Waals surface area contributed by atoms with Crippen LogP contribution in [0.25, 0.3) is 16.9 Å². The van der Waals surface area contributed by atoms with Crippen LogP contribution in [0.4, 0.5) is 11.6 Å². The van der Waals surface area contributed by atoms with Crippen molar-refractivity contribution in [2.75, 3.05) is 11.9 Å². The van der Waals surface area contributed by atoms with Crippen molar-refractivity contribution in [1.82, 2.24) is 29.6 Å². The molecule has 3 aliphatic rings. The Morgan fingerprint density at radius 2 is 1.92 bits per heavy atom. The first-order chi connectivity index (χ1) is 17.4. The van der Waals surface area contributed by atoms with Crippen molar-refractivity contribution in [2.24, 2.45) is 0 Å². The molecule has 0 bridgehead atoms. The molecule has 0 atom stereocenters. The Morgan fingerprint density at radius 1 is 1.08 bits per heavy atom. The Bertz CT molecular complexity index is 1570. The number of nitrogens with zero attached hydrogens (tertiary/aromatic N) is 5. The molecule has 0 saturated heterocycles. The summed E-state index contributed by atoms with van der Waals surface area (Å²) in [6.45, 7) is 7.26. The molecule has 2 aliphatic carbocycles. The first-order valence-electron chi connectivity index (χ1n) is 13.0. The molecule has 1 spiro atoms. The number of rotatable bonds is 5. The van der Waals surface area contributed by atoms with Crippen molar-refractivity contribution < 1.29 is 0 Å². The summed E-state index contributed by atoms with van der Waals surface area (Å²) in [5, 5.41) is 7.57. The van der Waals surface area contributed by atoms with E-state index in [-0.39, 0.29) is 22.6 Å². The van der Waals surface area contributed by atoms with Crippen molar-refractivity contribution in [3.05, 3.63) is 69.8 Å². The second kappa shape index (κ2) is 7.49. The Kier molecular flexibility index (Phi) is 4.52. The molecule has 2 N–H and O–H groups in total. The molecule has 1 aromatic carbocycles. The number of benzene rings is 1. The fourth-order valence-corrected chi connectivity index (χ4v) is 5.64. The Morgan fingerprint density at radius 3 is 2.67 bits per heavy atom. The zero-order valence-corrected chi connectivity index (χ0v) is 21.0. The third-order valence-electron chi connectivity index (χ3n) is 8.17. The summed E-state index contributed by atoms with van der Waals surface area (Å²) in [5.41, 5.74) is 5.63. The van der Waals surface area contributed by atoms with Gasteiger partial charge in [-0.2, -0.15) is 4.98 Å². The van der Waals surface area contributed by atoms with Gasteiger partial charge in [0.25, 0.3) is 5.56 Å². The predicted octanol–water partition coefficient (Wildman–Crippen LogP) is 4.49. The topological polar surface area (TPSA) is 89.7 Å². The van der Waals surface area contributed by atoms with Crippen LogP contribution in [0.15, 0.2) is 47.4 Å². The minimum Gasteiger partial charge on any atom is -0.324 e. The number of fused-ring (bicyclic) bond motifs is 3. The number of hydrogen-bond donors (Lipinski definition) is 2. The van der Waals surface area contributed by atoms with Gasteiger partial charge in [0.2, 0.25) is 5.95 Å². The molecular weight excluding hydrogens is 450 g/mol. The third-order valence-corrected chi connectivity index (χ3v) is 8.17. The van der Waals surface area contributed by atoms with Gasteiger partial charge in [-0.1, -0.05) is 19.1 Å². The van der Waals surface area contributed by atoms with Gasteiger partial charge in [0.15, 0.2) is 11.5 Å². The van der Waals surface area contributed by atoms with Crippen molar-refractivity contribution in [3.63, 3.8) is 0 Å². The van der Waals surface area contributed by atoms with Crippen LogP contribution >= 0.6 is 0 Å². The maximum absolute atomic E-state index is 13.4. The molecule has 7 rings (SSSR count). The fraction of sp³-hybridized carbons (Fsp3) is 0.429. The summed E-state index contributed by atoms with van der Waals surface area (Å²) in [6.07, 6.45) is 7.36. The molecule has 4 aromatic rings. The van der Waals surface area contributed by atoms with Gasteiger partial charge in [0.1, 0.15) is 5.39 Å². The molecule has 1 aliphatic heterocycles. The molecular formula is C28H31N7O. The fourth-order valence-electron chi connectivity index (χ4n) is 5.64. The van der Waals surface area contributed by atoms with Crippen LogP contribution in [0.2, 0.25) is 0 Å². The monoisotopic (exact) mass is 481 g/mol. The van der Waals surface area contributed by atoms with Gasteiger partial charge < -0.3 is 10.6 Å². The van der Waals surface area contributed by atoms with Crippen LogP contribution in [0.5, 0.6) is 0 Å². The lowest BCUT2D eigenvalue weighted by molar-refractivity contribution is 0.471. The van der Waals surface area contributed by atoms with E-state index in [9.17, 15) is 4.79 Å². The number of pyridine rings is 1. The van der Waals surface area contributed by atoms with Gasteiger partial charge in [-0.05, 0) is 81.3 Å². The van der Waals surface area contributed by atoms with Crippen LogP contribution < -0.4 is 16.2 Å². The molecule has 8 nitrogen and oxygen atoms in total. The SMILES string of the molecule is CC(C)n1c(=O)c2cnc(Nc3ccc4c(c3)CCNC43CC3)nc2n1-c1cccc(C2(C)CC2)n1. The zero-order chi connectivity index (χ0) is 24.7. The van der Waals surface area contributed by atoms with E-state index in [1.165, 1.54) is 24.0 Å². The normalized spacial score (nSPS) is 19.0. The predicted molar refractivity (Wildman–Crippen MR) is 140 cm³/mol. The minimum absolute atomic E-state index is 0.0610. The van der Waals surface area contributed by atoms with Crippen LogP contribution in [-0.2, 0) is 17.4 Å². The molecule has 2 saturated carbocycles.